The third-order valence-corrected chi connectivity index (χ3v) is 4.54. The van der Waals surface area contributed by atoms with Gasteiger partial charge in [-0.1, -0.05) is 35.5 Å². The third-order valence-electron chi connectivity index (χ3n) is 3.49. The van der Waals surface area contributed by atoms with Gasteiger partial charge in [0.05, 0.1) is 17.6 Å². The van der Waals surface area contributed by atoms with Crippen molar-refractivity contribution in [3.05, 3.63) is 75.7 Å². The normalized spacial score (nSPS) is 11.0. The van der Waals surface area contributed by atoms with Crippen molar-refractivity contribution in [1.82, 2.24) is 15.0 Å². The number of aryl methyl sites for hydroxylation is 1. The quantitative estimate of drug-likeness (QED) is 0.364. The van der Waals surface area contributed by atoms with Crippen LogP contribution in [0.4, 0.5) is 0 Å². The van der Waals surface area contributed by atoms with E-state index < -0.39 is 5.97 Å². The molecule has 132 valence electrons. The number of aromatic nitrogens is 3. The van der Waals surface area contributed by atoms with Gasteiger partial charge in [0.1, 0.15) is 5.69 Å². The number of hydrogen-bond donors (Lipinski definition) is 0. The molecule has 0 saturated carbocycles. The van der Waals surface area contributed by atoms with E-state index in [4.69, 9.17) is 4.74 Å². The number of esters is 1. The number of nitrogens with zero attached hydrogens (tertiary/aromatic N) is 3. The maximum atomic E-state index is 11.9. The second-order valence-electron chi connectivity index (χ2n) is 5.60. The average Bonchev–Trinajstić information content (AvgIpc) is 3.28. The summed E-state index contributed by atoms with van der Waals surface area (Å²) >= 11 is 1.38. The van der Waals surface area contributed by atoms with E-state index >= 15 is 0 Å². The Morgan fingerprint density at radius 1 is 1.19 bits per heavy atom. The molecular formula is C19H17N3O3S. The summed E-state index contributed by atoms with van der Waals surface area (Å²) in [6.07, 6.45) is 4.48. The molecular weight excluding hydrogens is 350 g/mol. The van der Waals surface area contributed by atoms with E-state index in [2.05, 4.69) is 10.3 Å². The molecule has 6 nitrogen and oxygen atoms in total. The number of ether oxygens (including phenoxy) is 1. The first kappa shape index (κ1) is 17.8. The largest absolute Gasteiger partial charge is 0.454 e. The third kappa shape index (κ3) is 4.97. The van der Waals surface area contributed by atoms with Gasteiger partial charge < -0.3 is 4.74 Å². The second kappa shape index (κ2) is 8.35. The highest BCUT2D eigenvalue weighted by atomic mass is 32.1. The van der Waals surface area contributed by atoms with E-state index in [0.29, 0.717) is 17.1 Å². The van der Waals surface area contributed by atoms with Gasteiger partial charge in [-0.15, -0.1) is 16.4 Å². The average molecular weight is 367 g/mol. The molecule has 0 spiro atoms. The fourth-order valence-corrected chi connectivity index (χ4v) is 3.02. The number of Topliss-reactive ketones (excluding diaryl/α,β-unsaturated/α-hetero) is 1. The van der Waals surface area contributed by atoms with Crippen LogP contribution in [0.5, 0.6) is 0 Å². The lowest BCUT2D eigenvalue weighted by Crippen LogP contribution is -2.11. The molecule has 0 bridgehead atoms. The minimum Gasteiger partial charge on any atom is -0.454 e. The smallest absolute Gasteiger partial charge is 0.331 e. The zero-order valence-electron chi connectivity index (χ0n) is 14.2. The van der Waals surface area contributed by atoms with Crippen LogP contribution < -0.4 is 0 Å². The van der Waals surface area contributed by atoms with Gasteiger partial charge in [0.15, 0.2) is 6.61 Å². The van der Waals surface area contributed by atoms with Gasteiger partial charge >= 0.3 is 5.97 Å². The van der Waals surface area contributed by atoms with E-state index in [9.17, 15) is 9.59 Å². The van der Waals surface area contributed by atoms with Crippen LogP contribution in [-0.4, -0.2) is 33.4 Å². The Labute approximate surface area is 154 Å². The van der Waals surface area contributed by atoms with Crippen molar-refractivity contribution in [3.8, 4) is 0 Å². The summed E-state index contributed by atoms with van der Waals surface area (Å²) < 4.78 is 6.65. The summed E-state index contributed by atoms with van der Waals surface area (Å²) in [6.45, 7) is 2.24. The summed E-state index contributed by atoms with van der Waals surface area (Å²) in [6, 6.07) is 13.5. The van der Waals surface area contributed by atoms with Crippen molar-refractivity contribution in [1.29, 1.82) is 0 Å². The molecule has 0 aliphatic rings. The van der Waals surface area contributed by atoms with Crippen LogP contribution in [0, 0.1) is 6.92 Å². The number of benzene rings is 1. The molecule has 1 aromatic carbocycles. The van der Waals surface area contributed by atoms with Gasteiger partial charge in [0.2, 0.25) is 5.78 Å². The van der Waals surface area contributed by atoms with Gasteiger partial charge in [0, 0.05) is 11.0 Å². The molecule has 2 aromatic heterocycles. The zero-order chi connectivity index (χ0) is 18.4. The summed E-state index contributed by atoms with van der Waals surface area (Å²) in [5.74, 6) is -0.803. The number of hydrogen-bond acceptors (Lipinski definition) is 6. The molecule has 3 rings (SSSR count). The minimum atomic E-state index is -0.593. The van der Waals surface area contributed by atoms with Gasteiger partial charge in [-0.25, -0.2) is 9.48 Å². The highest BCUT2D eigenvalue weighted by molar-refractivity contribution is 7.14. The van der Waals surface area contributed by atoms with Gasteiger partial charge in [-0.2, -0.15) is 0 Å². The number of ketones is 1. The highest BCUT2D eigenvalue weighted by Gasteiger charge is 2.10. The summed E-state index contributed by atoms with van der Waals surface area (Å²) in [5, 5.41) is 8.00. The Morgan fingerprint density at radius 3 is 2.73 bits per heavy atom. The Bertz CT molecular complexity index is 928. The number of carbonyl (C=O) groups excluding carboxylic acids is 2. The first-order valence-electron chi connectivity index (χ1n) is 7.99. The monoisotopic (exact) mass is 367 g/mol. The molecule has 0 unspecified atom stereocenters. The topological polar surface area (TPSA) is 74.1 Å². The van der Waals surface area contributed by atoms with Crippen molar-refractivity contribution in [3.63, 3.8) is 0 Å². The van der Waals surface area contributed by atoms with Crippen LogP contribution in [0.25, 0.3) is 6.08 Å². The summed E-state index contributed by atoms with van der Waals surface area (Å²) in [5.41, 5.74) is 1.65. The van der Waals surface area contributed by atoms with E-state index in [-0.39, 0.29) is 12.4 Å². The molecule has 0 aliphatic heterocycles. The van der Waals surface area contributed by atoms with E-state index in [0.717, 1.165) is 10.4 Å². The molecule has 0 radical (unpaired) electrons. The maximum Gasteiger partial charge on any atom is 0.331 e. The van der Waals surface area contributed by atoms with Crippen molar-refractivity contribution in [2.24, 2.45) is 0 Å². The van der Waals surface area contributed by atoms with Crippen molar-refractivity contribution in [2.75, 3.05) is 6.61 Å². The van der Waals surface area contributed by atoms with Crippen LogP contribution in [-0.2, 0) is 16.1 Å². The predicted molar refractivity (Wildman–Crippen MR) is 98.9 cm³/mol. The number of thiophene rings is 1. The summed E-state index contributed by atoms with van der Waals surface area (Å²) in [7, 11) is 0. The Kier molecular flexibility index (Phi) is 5.70. The summed E-state index contributed by atoms with van der Waals surface area (Å²) in [4.78, 5) is 25.3. The van der Waals surface area contributed by atoms with Crippen molar-refractivity contribution < 1.29 is 14.3 Å². The zero-order valence-corrected chi connectivity index (χ0v) is 15.0. The van der Waals surface area contributed by atoms with E-state index in [1.807, 2.05) is 43.3 Å². The van der Waals surface area contributed by atoms with Crippen molar-refractivity contribution in [2.45, 2.75) is 13.5 Å². The lowest BCUT2D eigenvalue weighted by Gasteiger charge is -1.99. The lowest BCUT2D eigenvalue weighted by atomic mass is 10.2. The van der Waals surface area contributed by atoms with Gasteiger partial charge in [0.25, 0.3) is 0 Å². The molecule has 3 aromatic rings. The SMILES string of the molecule is Cc1ccc(C(=O)COC(=O)/C=C/c2cn(Cc3ccccc3)nn2)s1. The molecule has 0 aliphatic carbocycles. The number of rotatable bonds is 7. The van der Waals surface area contributed by atoms with Crippen LogP contribution in [0.15, 0.2) is 54.7 Å². The highest BCUT2D eigenvalue weighted by Crippen LogP contribution is 2.15. The molecule has 2 heterocycles. The van der Waals surface area contributed by atoms with Crippen molar-refractivity contribution >= 4 is 29.2 Å². The lowest BCUT2D eigenvalue weighted by molar-refractivity contribution is -0.136. The van der Waals surface area contributed by atoms with Crippen LogP contribution in [0.2, 0.25) is 0 Å². The molecule has 0 N–H and O–H groups in total. The minimum absolute atomic E-state index is 0.210. The molecule has 0 amide bonds. The predicted octanol–water partition coefficient (Wildman–Crippen LogP) is 3.14. The fourth-order valence-electron chi connectivity index (χ4n) is 2.23. The van der Waals surface area contributed by atoms with Gasteiger partial charge in [-0.3, -0.25) is 4.79 Å². The number of carbonyl (C=O) groups is 2. The fraction of sp³-hybridized carbons (Fsp3) is 0.158. The first-order valence-corrected chi connectivity index (χ1v) is 8.80. The molecule has 0 fully saturated rings. The van der Waals surface area contributed by atoms with Crippen LogP contribution >= 0.6 is 11.3 Å². The Hall–Kier alpha value is -3.06. The van der Waals surface area contributed by atoms with Crippen LogP contribution in [0.3, 0.4) is 0 Å². The second-order valence-corrected chi connectivity index (χ2v) is 6.89. The molecule has 0 saturated heterocycles. The maximum absolute atomic E-state index is 11.9. The van der Waals surface area contributed by atoms with Crippen LogP contribution in [0.1, 0.15) is 25.8 Å². The van der Waals surface area contributed by atoms with E-state index in [1.165, 1.54) is 23.5 Å². The molecule has 26 heavy (non-hydrogen) atoms. The molecule has 7 heteroatoms. The Balaban J connectivity index is 1.50. The Morgan fingerprint density at radius 2 is 2.00 bits per heavy atom. The first-order chi connectivity index (χ1) is 12.6. The standard InChI is InChI=1S/C19H17N3O3S/c1-14-7-9-18(26-14)17(23)13-25-19(24)10-8-16-12-22(21-20-16)11-15-5-3-2-4-6-15/h2-10,12H,11,13H2,1H3/b10-8+. The molecule has 0 atom stereocenters. The van der Waals surface area contributed by atoms with E-state index in [1.54, 1.807) is 16.9 Å². The van der Waals surface area contributed by atoms with Gasteiger partial charge in [-0.05, 0) is 30.7 Å².